The van der Waals surface area contributed by atoms with Crippen molar-refractivity contribution in [2.24, 2.45) is 5.92 Å². The molecule has 4 nitrogen and oxygen atoms in total. The lowest BCUT2D eigenvalue weighted by atomic mass is 10.0. The second-order valence-corrected chi connectivity index (χ2v) is 5.28. The van der Waals surface area contributed by atoms with Crippen LogP contribution in [0, 0.1) is 17.2 Å². The zero-order valence-electron chi connectivity index (χ0n) is 13.1. The molecule has 0 saturated carbocycles. The molecule has 0 aromatic carbocycles. The largest absolute Gasteiger partial charge is 0.335 e. The van der Waals surface area contributed by atoms with Crippen LogP contribution in [0.2, 0.25) is 0 Å². The molecule has 1 aliphatic rings. The van der Waals surface area contributed by atoms with Gasteiger partial charge in [-0.2, -0.15) is 5.26 Å². The Balaban J connectivity index is 0.000000541. The lowest BCUT2D eigenvalue weighted by molar-refractivity contribution is -0.132. The highest BCUT2D eigenvalue weighted by Crippen LogP contribution is 2.30. The normalized spacial score (nSPS) is 18.7. The molecule has 0 radical (unpaired) electrons. The summed E-state index contributed by atoms with van der Waals surface area (Å²) in [6, 6.07) is 3.97. The summed E-state index contributed by atoms with van der Waals surface area (Å²) in [5.74, 6) is 0.329. The standard InChI is InChI=1S/C14H17N3O.C2H4F2/c1-3-13(17-5-4-10(2)14(17)18)12-6-11(7-15)8-16-9-12;1-2(3)4/h6,8-10,13H,3-5H2,1-2H3;2H,1H3. The minimum Gasteiger partial charge on any atom is -0.335 e. The predicted molar refractivity (Wildman–Crippen MR) is 79.2 cm³/mol. The second-order valence-electron chi connectivity index (χ2n) is 5.28. The summed E-state index contributed by atoms with van der Waals surface area (Å²) in [7, 11) is 0. The van der Waals surface area contributed by atoms with Gasteiger partial charge in [-0.3, -0.25) is 9.78 Å². The van der Waals surface area contributed by atoms with E-state index in [1.807, 2.05) is 17.9 Å². The van der Waals surface area contributed by atoms with E-state index in [1.165, 1.54) is 0 Å². The third-order valence-corrected chi connectivity index (χ3v) is 3.54. The van der Waals surface area contributed by atoms with E-state index < -0.39 is 6.43 Å². The average molecular weight is 309 g/mol. The number of carbonyl (C=O) groups excluding carboxylic acids is 1. The molecule has 1 aromatic rings. The molecule has 2 atom stereocenters. The monoisotopic (exact) mass is 309 g/mol. The first-order valence-corrected chi connectivity index (χ1v) is 7.34. The average Bonchev–Trinajstić information content (AvgIpc) is 2.80. The van der Waals surface area contributed by atoms with Crippen LogP contribution in [0.1, 0.15) is 50.8 Å². The predicted octanol–water partition coefficient (Wildman–Crippen LogP) is 3.54. The lowest BCUT2D eigenvalue weighted by Gasteiger charge is -2.27. The van der Waals surface area contributed by atoms with Crippen LogP contribution in [-0.2, 0) is 4.79 Å². The van der Waals surface area contributed by atoms with Gasteiger partial charge in [0, 0.05) is 24.9 Å². The van der Waals surface area contributed by atoms with Crippen LogP contribution < -0.4 is 0 Å². The van der Waals surface area contributed by atoms with Crippen molar-refractivity contribution in [2.45, 2.75) is 46.1 Å². The van der Waals surface area contributed by atoms with Crippen LogP contribution in [-0.4, -0.2) is 28.8 Å². The molecule has 0 spiro atoms. The van der Waals surface area contributed by atoms with Gasteiger partial charge in [-0.05, 0) is 31.4 Å². The van der Waals surface area contributed by atoms with E-state index in [0.717, 1.165) is 31.9 Å². The van der Waals surface area contributed by atoms with Crippen LogP contribution in [0.4, 0.5) is 8.78 Å². The molecule has 1 saturated heterocycles. The highest BCUT2D eigenvalue weighted by atomic mass is 19.3. The number of nitriles is 1. The van der Waals surface area contributed by atoms with E-state index in [1.54, 1.807) is 12.4 Å². The van der Waals surface area contributed by atoms with Gasteiger partial charge in [0.1, 0.15) is 6.07 Å². The summed E-state index contributed by atoms with van der Waals surface area (Å²) in [4.78, 5) is 18.1. The fraction of sp³-hybridized carbons (Fsp3) is 0.562. The SMILES string of the molecule is CC(F)F.CCC(c1cncc(C#N)c1)N1CCC(C)C1=O. The Morgan fingerprint density at radius 1 is 1.50 bits per heavy atom. The van der Waals surface area contributed by atoms with Crippen molar-refractivity contribution in [2.75, 3.05) is 6.54 Å². The number of aromatic nitrogens is 1. The lowest BCUT2D eigenvalue weighted by Crippen LogP contribution is -2.31. The molecule has 6 heteroatoms. The van der Waals surface area contributed by atoms with Gasteiger partial charge in [-0.15, -0.1) is 0 Å². The molecule has 2 rings (SSSR count). The number of pyridine rings is 1. The van der Waals surface area contributed by atoms with Gasteiger partial charge >= 0.3 is 0 Å². The molecule has 1 aliphatic heterocycles. The molecular formula is C16H21F2N3O. The Morgan fingerprint density at radius 2 is 2.14 bits per heavy atom. The van der Waals surface area contributed by atoms with Crippen LogP contribution in [0.5, 0.6) is 0 Å². The maximum absolute atomic E-state index is 12.1. The minimum absolute atomic E-state index is 0.0447. The first kappa shape index (κ1) is 18.0. The molecule has 2 unspecified atom stereocenters. The first-order chi connectivity index (χ1) is 10.4. The van der Waals surface area contributed by atoms with Gasteiger partial charge in [-0.25, -0.2) is 8.78 Å². The Hall–Kier alpha value is -2.03. The van der Waals surface area contributed by atoms with E-state index in [0.29, 0.717) is 5.56 Å². The topological polar surface area (TPSA) is 57.0 Å². The van der Waals surface area contributed by atoms with Gasteiger partial charge in [0.25, 0.3) is 0 Å². The number of amides is 1. The molecule has 1 amide bonds. The van der Waals surface area contributed by atoms with Crippen LogP contribution in [0.3, 0.4) is 0 Å². The van der Waals surface area contributed by atoms with Crippen molar-refractivity contribution in [3.63, 3.8) is 0 Å². The zero-order chi connectivity index (χ0) is 16.7. The molecule has 1 aromatic heterocycles. The molecule has 0 aliphatic carbocycles. The number of rotatable bonds is 3. The van der Waals surface area contributed by atoms with Crippen molar-refractivity contribution in [1.82, 2.24) is 9.88 Å². The number of halogens is 2. The van der Waals surface area contributed by atoms with E-state index in [-0.39, 0.29) is 17.9 Å². The molecular weight excluding hydrogens is 288 g/mol. The number of hydrogen-bond donors (Lipinski definition) is 0. The third-order valence-electron chi connectivity index (χ3n) is 3.54. The number of alkyl halides is 2. The van der Waals surface area contributed by atoms with Gasteiger partial charge in [0.15, 0.2) is 0 Å². The van der Waals surface area contributed by atoms with Crippen molar-refractivity contribution in [3.8, 4) is 6.07 Å². The Morgan fingerprint density at radius 3 is 2.59 bits per heavy atom. The highest BCUT2D eigenvalue weighted by Gasteiger charge is 2.33. The maximum Gasteiger partial charge on any atom is 0.235 e. The number of hydrogen-bond acceptors (Lipinski definition) is 3. The van der Waals surface area contributed by atoms with E-state index >= 15 is 0 Å². The van der Waals surface area contributed by atoms with Gasteiger partial charge in [0.05, 0.1) is 11.6 Å². The molecule has 2 heterocycles. The van der Waals surface area contributed by atoms with E-state index in [4.69, 9.17) is 5.26 Å². The molecule has 1 fully saturated rings. The van der Waals surface area contributed by atoms with Crippen molar-refractivity contribution in [3.05, 3.63) is 29.6 Å². The summed E-state index contributed by atoms with van der Waals surface area (Å²) in [6.45, 7) is 5.66. The van der Waals surface area contributed by atoms with E-state index in [2.05, 4.69) is 18.0 Å². The summed E-state index contributed by atoms with van der Waals surface area (Å²) in [5, 5.41) is 8.91. The Labute approximate surface area is 129 Å². The summed E-state index contributed by atoms with van der Waals surface area (Å²) in [6.07, 6.45) is 2.89. The van der Waals surface area contributed by atoms with Crippen molar-refractivity contribution >= 4 is 5.91 Å². The second kappa shape index (κ2) is 8.42. The number of carbonyl (C=O) groups is 1. The Kier molecular flexibility index (Phi) is 6.90. The fourth-order valence-corrected chi connectivity index (χ4v) is 2.50. The number of likely N-dealkylation sites (tertiary alicyclic amines) is 1. The van der Waals surface area contributed by atoms with Crippen molar-refractivity contribution in [1.29, 1.82) is 5.26 Å². The molecule has 22 heavy (non-hydrogen) atoms. The van der Waals surface area contributed by atoms with Crippen LogP contribution in [0.15, 0.2) is 18.5 Å². The molecule has 0 bridgehead atoms. The number of nitrogens with zero attached hydrogens (tertiary/aromatic N) is 3. The maximum atomic E-state index is 12.1. The van der Waals surface area contributed by atoms with Gasteiger partial charge < -0.3 is 4.90 Å². The summed E-state index contributed by atoms with van der Waals surface area (Å²) >= 11 is 0. The van der Waals surface area contributed by atoms with Crippen LogP contribution >= 0.6 is 0 Å². The van der Waals surface area contributed by atoms with E-state index in [9.17, 15) is 13.6 Å². The Bertz CT molecular complexity index is 540. The first-order valence-electron chi connectivity index (χ1n) is 7.34. The summed E-state index contributed by atoms with van der Waals surface area (Å²) in [5.41, 5.74) is 1.50. The van der Waals surface area contributed by atoms with Gasteiger partial charge in [-0.1, -0.05) is 13.8 Å². The van der Waals surface area contributed by atoms with Crippen LogP contribution in [0.25, 0.3) is 0 Å². The van der Waals surface area contributed by atoms with Crippen molar-refractivity contribution < 1.29 is 13.6 Å². The minimum atomic E-state index is -2.17. The fourth-order valence-electron chi connectivity index (χ4n) is 2.50. The molecule has 0 N–H and O–H groups in total. The van der Waals surface area contributed by atoms with Gasteiger partial charge in [0.2, 0.25) is 12.3 Å². The smallest absolute Gasteiger partial charge is 0.235 e. The highest BCUT2D eigenvalue weighted by molar-refractivity contribution is 5.81. The quantitative estimate of drug-likeness (QED) is 0.858. The third kappa shape index (κ3) is 4.76. The zero-order valence-corrected chi connectivity index (χ0v) is 13.1. The summed E-state index contributed by atoms with van der Waals surface area (Å²) < 4.78 is 20.7. The molecule has 120 valence electrons.